The summed E-state index contributed by atoms with van der Waals surface area (Å²) in [5.41, 5.74) is 1.23. The van der Waals surface area contributed by atoms with Crippen molar-refractivity contribution in [2.75, 3.05) is 18.1 Å². The van der Waals surface area contributed by atoms with Crippen LogP contribution in [0.1, 0.15) is 46.3 Å². The van der Waals surface area contributed by atoms with Gasteiger partial charge in [0, 0.05) is 10.9 Å². The lowest BCUT2D eigenvalue weighted by atomic mass is 9.87. The maximum atomic E-state index is 12.2. The van der Waals surface area contributed by atoms with Gasteiger partial charge in [-0.15, -0.1) is 11.3 Å². The molecule has 25 heavy (non-hydrogen) atoms. The number of sulfone groups is 1. The van der Waals surface area contributed by atoms with E-state index in [-0.39, 0.29) is 24.2 Å². The Morgan fingerprint density at radius 2 is 2.16 bits per heavy atom. The predicted molar refractivity (Wildman–Crippen MR) is 95.6 cm³/mol. The second-order valence-electron chi connectivity index (χ2n) is 6.82. The van der Waals surface area contributed by atoms with E-state index in [0.717, 1.165) is 25.7 Å². The van der Waals surface area contributed by atoms with Crippen LogP contribution in [0.15, 0.2) is 6.07 Å². The molecule has 1 saturated heterocycles. The van der Waals surface area contributed by atoms with Crippen LogP contribution in [0.2, 0.25) is 0 Å². The number of thiophene rings is 1. The molecule has 2 atom stereocenters. The van der Waals surface area contributed by atoms with Crippen molar-refractivity contribution in [2.24, 2.45) is 5.92 Å². The van der Waals surface area contributed by atoms with E-state index < -0.39 is 21.7 Å². The fourth-order valence-corrected chi connectivity index (χ4v) is 6.20. The summed E-state index contributed by atoms with van der Waals surface area (Å²) in [4.78, 5) is 25.8. The van der Waals surface area contributed by atoms with Crippen LogP contribution in [0, 0.1) is 5.92 Å². The van der Waals surface area contributed by atoms with Gasteiger partial charge in [0.05, 0.1) is 11.5 Å². The van der Waals surface area contributed by atoms with Gasteiger partial charge in [0.2, 0.25) is 0 Å². The number of fused-ring (bicyclic) bond motifs is 1. The molecule has 0 unspecified atom stereocenters. The fraction of sp³-hybridized carbons (Fsp3) is 0.647. The topological polar surface area (TPSA) is 89.5 Å². The highest BCUT2D eigenvalue weighted by atomic mass is 32.2. The Morgan fingerprint density at radius 1 is 1.36 bits per heavy atom. The Morgan fingerprint density at radius 3 is 2.84 bits per heavy atom. The minimum absolute atomic E-state index is 0.0388. The van der Waals surface area contributed by atoms with E-state index in [1.54, 1.807) is 0 Å². The molecule has 1 aromatic heterocycles. The Hall–Kier alpha value is -1.41. The summed E-state index contributed by atoms with van der Waals surface area (Å²) in [6.07, 6.45) is 4.73. The van der Waals surface area contributed by atoms with E-state index in [9.17, 15) is 18.0 Å². The first-order valence-corrected chi connectivity index (χ1v) is 11.3. The molecule has 1 fully saturated rings. The number of hydrogen-bond acceptors (Lipinski definition) is 6. The number of amides is 1. The molecule has 1 aliphatic carbocycles. The van der Waals surface area contributed by atoms with Crippen LogP contribution in [0.4, 0.5) is 0 Å². The van der Waals surface area contributed by atoms with Crippen LogP contribution in [-0.2, 0) is 32.2 Å². The van der Waals surface area contributed by atoms with E-state index in [0.29, 0.717) is 17.2 Å². The van der Waals surface area contributed by atoms with Crippen LogP contribution in [0.5, 0.6) is 0 Å². The van der Waals surface area contributed by atoms with Gasteiger partial charge in [-0.1, -0.05) is 13.3 Å². The molecule has 3 rings (SSSR count). The average Bonchev–Trinajstić information content (AvgIpc) is 3.14. The van der Waals surface area contributed by atoms with Crippen molar-refractivity contribution in [2.45, 2.75) is 45.1 Å². The lowest BCUT2D eigenvalue weighted by Crippen LogP contribution is -2.38. The molecule has 6 nitrogen and oxygen atoms in total. The molecular weight excluding hydrogens is 362 g/mol. The maximum absolute atomic E-state index is 12.2. The normalized spacial score (nSPS) is 24.5. The van der Waals surface area contributed by atoms with Gasteiger partial charge >= 0.3 is 5.97 Å². The third-order valence-corrected chi connectivity index (χ3v) is 7.88. The number of rotatable bonds is 5. The van der Waals surface area contributed by atoms with Gasteiger partial charge in [-0.2, -0.15) is 0 Å². The first-order valence-electron chi connectivity index (χ1n) is 8.65. The first kappa shape index (κ1) is 18.4. The van der Waals surface area contributed by atoms with Gasteiger partial charge in [-0.05, 0) is 43.2 Å². The highest BCUT2D eigenvalue weighted by Crippen LogP contribution is 2.33. The maximum Gasteiger partial charge on any atom is 0.348 e. The fourth-order valence-electron chi connectivity index (χ4n) is 3.43. The summed E-state index contributed by atoms with van der Waals surface area (Å²) < 4.78 is 27.9. The molecule has 0 saturated carbocycles. The summed E-state index contributed by atoms with van der Waals surface area (Å²) in [5.74, 6) is -0.205. The van der Waals surface area contributed by atoms with E-state index in [1.165, 1.54) is 21.8 Å². The molecular formula is C17H23NO5S2. The number of aryl methyl sites for hydroxylation is 1. The smallest absolute Gasteiger partial charge is 0.348 e. The largest absolute Gasteiger partial charge is 0.451 e. The van der Waals surface area contributed by atoms with Gasteiger partial charge in [0.15, 0.2) is 16.4 Å². The zero-order valence-corrected chi connectivity index (χ0v) is 15.9. The van der Waals surface area contributed by atoms with Crippen molar-refractivity contribution in [3.63, 3.8) is 0 Å². The second-order valence-corrected chi connectivity index (χ2v) is 10.2. The molecule has 2 heterocycles. The molecule has 0 aromatic carbocycles. The Labute approximate surface area is 151 Å². The van der Waals surface area contributed by atoms with E-state index in [2.05, 4.69) is 12.2 Å². The zero-order chi connectivity index (χ0) is 18.0. The minimum Gasteiger partial charge on any atom is -0.451 e. The van der Waals surface area contributed by atoms with Crippen LogP contribution < -0.4 is 5.32 Å². The van der Waals surface area contributed by atoms with Crippen molar-refractivity contribution in [1.82, 2.24) is 5.32 Å². The van der Waals surface area contributed by atoms with Crippen molar-refractivity contribution in [1.29, 1.82) is 0 Å². The van der Waals surface area contributed by atoms with Gasteiger partial charge < -0.3 is 10.1 Å². The Bertz CT molecular complexity index is 768. The molecule has 8 heteroatoms. The summed E-state index contributed by atoms with van der Waals surface area (Å²) in [5, 5.41) is 2.61. The van der Waals surface area contributed by atoms with E-state index >= 15 is 0 Å². The number of carbonyl (C=O) groups is 2. The zero-order valence-electron chi connectivity index (χ0n) is 14.2. The Balaban J connectivity index is 1.50. The average molecular weight is 386 g/mol. The molecule has 0 bridgehead atoms. The van der Waals surface area contributed by atoms with Gasteiger partial charge in [0.1, 0.15) is 4.88 Å². The van der Waals surface area contributed by atoms with Crippen LogP contribution in [0.25, 0.3) is 0 Å². The van der Waals surface area contributed by atoms with Crippen molar-refractivity contribution >= 4 is 33.1 Å². The summed E-state index contributed by atoms with van der Waals surface area (Å²) in [6.45, 7) is 1.81. The summed E-state index contributed by atoms with van der Waals surface area (Å²) in [6, 6.07) is 1.52. The van der Waals surface area contributed by atoms with Crippen molar-refractivity contribution in [3.05, 3.63) is 21.4 Å². The van der Waals surface area contributed by atoms with E-state index in [4.69, 9.17) is 4.74 Å². The van der Waals surface area contributed by atoms with Gasteiger partial charge in [-0.25, -0.2) is 13.2 Å². The molecule has 0 radical (unpaired) electrons. The molecule has 138 valence electrons. The molecule has 1 aromatic rings. The number of esters is 1. The van der Waals surface area contributed by atoms with Crippen molar-refractivity contribution < 1.29 is 22.7 Å². The monoisotopic (exact) mass is 385 g/mol. The number of ether oxygens (including phenoxy) is 1. The quantitative estimate of drug-likeness (QED) is 0.780. The number of carbonyl (C=O) groups excluding carboxylic acids is 2. The lowest BCUT2D eigenvalue weighted by molar-refractivity contribution is -0.124. The van der Waals surface area contributed by atoms with Gasteiger partial charge in [-0.3, -0.25) is 4.79 Å². The minimum atomic E-state index is -3.04. The number of nitrogens with one attached hydrogen (secondary N) is 1. The lowest BCUT2D eigenvalue weighted by Gasteiger charge is -2.19. The van der Waals surface area contributed by atoms with Gasteiger partial charge in [0.25, 0.3) is 5.91 Å². The van der Waals surface area contributed by atoms with E-state index in [1.807, 2.05) is 6.07 Å². The summed E-state index contributed by atoms with van der Waals surface area (Å²) in [7, 11) is -3.04. The predicted octanol–water partition coefficient (Wildman–Crippen LogP) is 1.72. The molecule has 1 N–H and O–H groups in total. The molecule has 2 aliphatic rings. The molecule has 0 spiro atoms. The van der Waals surface area contributed by atoms with Crippen LogP contribution in [0.3, 0.4) is 0 Å². The summed E-state index contributed by atoms with van der Waals surface area (Å²) >= 11 is 1.45. The molecule has 1 amide bonds. The third-order valence-electron chi connectivity index (χ3n) is 4.90. The van der Waals surface area contributed by atoms with Crippen LogP contribution >= 0.6 is 11.3 Å². The SMILES string of the molecule is CC[C@@H]1CCc2sc(C(=O)OCC(=O)N[C@@H]3CCS(=O)(=O)C3)cc2C1. The van der Waals surface area contributed by atoms with Crippen LogP contribution in [-0.4, -0.2) is 44.4 Å². The highest BCUT2D eigenvalue weighted by Gasteiger charge is 2.29. The Kier molecular flexibility index (Phi) is 5.48. The highest BCUT2D eigenvalue weighted by molar-refractivity contribution is 7.91. The number of hydrogen-bond donors (Lipinski definition) is 1. The van der Waals surface area contributed by atoms with Crippen molar-refractivity contribution in [3.8, 4) is 0 Å². The first-order chi connectivity index (χ1) is 11.9. The second kappa shape index (κ2) is 7.45. The standard InChI is InChI=1S/C17H23NO5S2/c1-2-11-3-4-14-12(7-11)8-15(24-14)17(20)23-9-16(19)18-13-5-6-25(21,22)10-13/h8,11,13H,2-7,9-10H2,1H3,(H,18,19)/t11-,13-/m1/s1. The molecule has 1 aliphatic heterocycles. The third kappa shape index (κ3) is 4.61.